The van der Waals surface area contributed by atoms with Crippen molar-refractivity contribution in [2.24, 2.45) is 5.92 Å². The van der Waals surface area contributed by atoms with Gasteiger partial charge in [-0.25, -0.2) is 0 Å². The van der Waals surface area contributed by atoms with E-state index in [0.717, 1.165) is 36.1 Å². The van der Waals surface area contributed by atoms with E-state index in [-0.39, 0.29) is 5.60 Å². The van der Waals surface area contributed by atoms with Crippen molar-refractivity contribution in [1.29, 1.82) is 0 Å². The number of ether oxygens (including phenoxy) is 1. The summed E-state index contributed by atoms with van der Waals surface area (Å²) in [5, 5.41) is 10.5. The molecule has 0 saturated carbocycles. The van der Waals surface area contributed by atoms with E-state index in [2.05, 4.69) is 39.8 Å². The lowest BCUT2D eigenvalue weighted by Gasteiger charge is -2.47. The van der Waals surface area contributed by atoms with Crippen LogP contribution in [0.2, 0.25) is 0 Å². The number of aryl methyl sites for hydroxylation is 1. The van der Waals surface area contributed by atoms with Gasteiger partial charge < -0.3 is 9.84 Å². The Bertz CT molecular complexity index is 569. The molecule has 2 nitrogen and oxygen atoms in total. The third-order valence-electron chi connectivity index (χ3n) is 4.97. The monoisotopic (exact) mass is 272 g/mol. The Balaban J connectivity index is 2.15. The Labute approximate surface area is 121 Å². The number of phenols is 1. The van der Waals surface area contributed by atoms with Crippen molar-refractivity contribution in [3.05, 3.63) is 34.9 Å². The van der Waals surface area contributed by atoms with Crippen molar-refractivity contribution in [1.82, 2.24) is 0 Å². The van der Waals surface area contributed by atoms with Gasteiger partial charge in [0.15, 0.2) is 0 Å². The molecule has 0 saturated heterocycles. The maximum atomic E-state index is 10.5. The van der Waals surface area contributed by atoms with Crippen LogP contribution in [-0.2, 0) is 6.42 Å². The predicted molar refractivity (Wildman–Crippen MR) is 81.4 cm³/mol. The van der Waals surface area contributed by atoms with Crippen molar-refractivity contribution in [2.75, 3.05) is 0 Å². The van der Waals surface area contributed by atoms with E-state index in [0.29, 0.717) is 17.6 Å². The molecule has 0 bridgehead atoms. The molecule has 1 heterocycles. The molecule has 1 aliphatic carbocycles. The second-order valence-electron chi connectivity index (χ2n) is 6.79. The third-order valence-corrected chi connectivity index (χ3v) is 4.97. The van der Waals surface area contributed by atoms with Crippen molar-refractivity contribution < 1.29 is 9.84 Å². The summed E-state index contributed by atoms with van der Waals surface area (Å²) in [4.78, 5) is 0. The molecule has 1 N–H and O–H groups in total. The molecule has 2 aliphatic rings. The SMILES string of the molecule is CCc1cc(O)c2c(c1)OC(C)(C)[C@@H]1CC=C(C)C[C@@H]21. The van der Waals surface area contributed by atoms with Crippen LogP contribution in [0.4, 0.5) is 0 Å². The summed E-state index contributed by atoms with van der Waals surface area (Å²) in [7, 11) is 0. The Kier molecular flexibility index (Phi) is 3.07. The van der Waals surface area contributed by atoms with Gasteiger partial charge in [-0.1, -0.05) is 18.6 Å². The fourth-order valence-electron chi connectivity index (χ4n) is 3.82. The molecule has 108 valence electrons. The Morgan fingerprint density at radius 2 is 2.10 bits per heavy atom. The summed E-state index contributed by atoms with van der Waals surface area (Å²) in [6, 6.07) is 4.02. The van der Waals surface area contributed by atoms with Gasteiger partial charge in [0, 0.05) is 17.4 Å². The molecular weight excluding hydrogens is 248 g/mol. The first kappa shape index (κ1) is 13.5. The summed E-state index contributed by atoms with van der Waals surface area (Å²) < 4.78 is 6.26. The normalized spacial score (nSPS) is 27.1. The van der Waals surface area contributed by atoms with Gasteiger partial charge in [0.25, 0.3) is 0 Å². The van der Waals surface area contributed by atoms with Gasteiger partial charge in [0.05, 0.1) is 0 Å². The molecule has 1 aromatic carbocycles. The van der Waals surface area contributed by atoms with Crippen LogP contribution in [0, 0.1) is 5.92 Å². The molecule has 0 radical (unpaired) electrons. The fourth-order valence-corrected chi connectivity index (χ4v) is 3.82. The maximum Gasteiger partial charge on any atom is 0.127 e. The lowest BCUT2D eigenvalue weighted by molar-refractivity contribution is 0.00753. The van der Waals surface area contributed by atoms with Gasteiger partial charge in [-0.3, -0.25) is 0 Å². The molecule has 20 heavy (non-hydrogen) atoms. The number of benzene rings is 1. The van der Waals surface area contributed by atoms with Gasteiger partial charge in [0.1, 0.15) is 17.1 Å². The van der Waals surface area contributed by atoms with E-state index in [4.69, 9.17) is 4.74 Å². The summed E-state index contributed by atoms with van der Waals surface area (Å²) in [5.41, 5.74) is 3.42. The maximum absolute atomic E-state index is 10.5. The largest absolute Gasteiger partial charge is 0.508 e. The van der Waals surface area contributed by atoms with Crippen LogP contribution in [0.25, 0.3) is 0 Å². The summed E-state index contributed by atoms with van der Waals surface area (Å²) in [6.45, 7) is 8.65. The van der Waals surface area contributed by atoms with E-state index in [1.54, 1.807) is 0 Å². The van der Waals surface area contributed by atoms with E-state index >= 15 is 0 Å². The molecule has 0 aromatic heterocycles. The van der Waals surface area contributed by atoms with Crippen LogP contribution in [-0.4, -0.2) is 10.7 Å². The quantitative estimate of drug-likeness (QED) is 0.759. The van der Waals surface area contributed by atoms with E-state index in [9.17, 15) is 5.11 Å². The molecule has 2 heteroatoms. The number of allylic oxidation sites excluding steroid dienone is 2. The topological polar surface area (TPSA) is 29.5 Å². The zero-order valence-corrected chi connectivity index (χ0v) is 12.9. The molecule has 1 aromatic rings. The van der Waals surface area contributed by atoms with Gasteiger partial charge in [-0.2, -0.15) is 0 Å². The Morgan fingerprint density at radius 3 is 2.80 bits per heavy atom. The Morgan fingerprint density at radius 1 is 1.35 bits per heavy atom. The number of hydrogen-bond acceptors (Lipinski definition) is 2. The van der Waals surface area contributed by atoms with Gasteiger partial charge >= 0.3 is 0 Å². The average Bonchev–Trinajstić information content (AvgIpc) is 2.36. The average molecular weight is 272 g/mol. The fraction of sp³-hybridized carbons (Fsp3) is 0.556. The van der Waals surface area contributed by atoms with Crippen LogP contribution in [0.5, 0.6) is 11.5 Å². The summed E-state index contributed by atoms with van der Waals surface area (Å²) in [6.07, 6.45) is 5.31. The van der Waals surface area contributed by atoms with Gasteiger partial charge in [-0.05, 0) is 57.7 Å². The van der Waals surface area contributed by atoms with E-state index in [1.165, 1.54) is 5.57 Å². The zero-order chi connectivity index (χ0) is 14.5. The lowest BCUT2D eigenvalue weighted by atomic mass is 9.67. The number of rotatable bonds is 1. The van der Waals surface area contributed by atoms with Gasteiger partial charge in [0.2, 0.25) is 0 Å². The first-order valence-electron chi connectivity index (χ1n) is 7.62. The zero-order valence-electron chi connectivity index (χ0n) is 12.9. The number of fused-ring (bicyclic) bond motifs is 3. The van der Waals surface area contributed by atoms with Crippen LogP contribution in [0.3, 0.4) is 0 Å². The molecule has 3 rings (SSSR count). The highest BCUT2D eigenvalue weighted by Crippen LogP contribution is 2.54. The summed E-state index contributed by atoms with van der Waals surface area (Å²) in [5.74, 6) is 2.13. The van der Waals surface area contributed by atoms with E-state index in [1.807, 2.05) is 6.07 Å². The number of phenolic OH excluding ortho intramolecular Hbond substituents is 1. The second-order valence-corrected chi connectivity index (χ2v) is 6.79. The first-order valence-corrected chi connectivity index (χ1v) is 7.62. The molecule has 0 spiro atoms. The van der Waals surface area contributed by atoms with Crippen molar-refractivity contribution in [3.8, 4) is 11.5 Å². The Hall–Kier alpha value is -1.44. The minimum absolute atomic E-state index is 0.173. The lowest BCUT2D eigenvalue weighted by Crippen LogP contribution is -2.45. The minimum atomic E-state index is -0.173. The van der Waals surface area contributed by atoms with Crippen molar-refractivity contribution >= 4 is 0 Å². The molecular formula is C18H24O2. The van der Waals surface area contributed by atoms with Crippen LogP contribution < -0.4 is 4.74 Å². The van der Waals surface area contributed by atoms with Crippen LogP contribution >= 0.6 is 0 Å². The highest BCUT2D eigenvalue weighted by molar-refractivity contribution is 5.52. The smallest absolute Gasteiger partial charge is 0.127 e. The molecule has 0 fully saturated rings. The molecule has 0 amide bonds. The molecule has 1 aliphatic heterocycles. The third kappa shape index (κ3) is 2.02. The predicted octanol–water partition coefficient (Wildman–Crippen LogP) is 4.57. The summed E-state index contributed by atoms with van der Waals surface area (Å²) >= 11 is 0. The number of aromatic hydroxyl groups is 1. The van der Waals surface area contributed by atoms with E-state index < -0.39 is 0 Å². The molecule has 0 unspecified atom stereocenters. The van der Waals surface area contributed by atoms with Crippen LogP contribution in [0.1, 0.15) is 57.6 Å². The van der Waals surface area contributed by atoms with Gasteiger partial charge in [-0.15, -0.1) is 0 Å². The van der Waals surface area contributed by atoms with Crippen LogP contribution in [0.15, 0.2) is 23.8 Å². The second kappa shape index (κ2) is 4.54. The van der Waals surface area contributed by atoms with Crippen molar-refractivity contribution in [2.45, 2.75) is 58.5 Å². The number of hydrogen-bond donors (Lipinski definition) is 1. The highest BCUT2D eigenvalue weighted by atomic mass is 16.5. The van der Waals surface area contributed by atoms with Crippen molar-refractivity contribution in [3.63, 3.8) is 0 Å². The standard InChI is InChI=1S/C18H24O2/c1-5-12-9-15(19)17-13-8-11(2)6-7-14(13)18(3,4)20-16(17)10-12/h6,9-10,13-14,19H,5,7-8H2,1-4H3/t13-,14-/m1/s1. The first-order chi connectivity index (χ1) is 9.42. The molecule has 2 atom stereocenters. The highest BCUT2D eigenvalue weighted by Gasteiger charge is 2.45. The minimum Gasteiger partial charge on any atom is -0.508 e.